The molecule has 10 heteroatoms. The van der Waals surface area contributed by atoms with Crippen molar-refractivity contribution in [3.05, 3.63) is 125 Å². The normalized spacial score (nSPS) is 16.5. The molecule has 1 saturated heterocycles. The Labute approximate surface area is 241 Å². The van der Waals surface area contributed by atoms with Gasteiger partial charge in [0.2, 0.25) is 5.91 Å². The van der Waals surface area contributed by atoms with E-state index in [0.29, 0.717) is 28.7 Å². The summed E-state index contributed by atoms with van der Waals surface area (Å²) in [5.74, 6) is 1.08. The van der Waals surface area contributed by atoms with Crippen LogP contribution in [-0.2, 0) is 4.79 Å². The summed E-state index contributed by atoms with van der Waals surface area (Å²) < 4.78 is 6.30. The minimum atomic E-state index is -0.436. The van der Waals surface area contributed by atoms with Crippen molar-refractivity contribution in [2.45, 2.75) is 18.5 Å². The van der Waals surface area contributed by atoms with Gasteiger partial charge in [-0.1, -0.05) is 42.5 Å². The lowest BCUT2D eigenvalue weighted by atomic mass is 10.0. The fourth-order valence-corrected chi connectivity index (χ4v) is 5.47. The predicted molar refractivity (Wildman–Crippen MR) is 160 cm³/mol. The standard InChI is InChI=1S/C31H25N5O4S/c37-28(33-24-10-5-7-20-6-1-2-8-23(20)24)17-19-35-30(29(34-31(35)41)25-9-3-4-18-32-25)27-16-15-26(40-27)21-11-13-22(14-12-21)36(38)39/h1-16,18,29-30H,17,19H2,(H,33,37)(H,34,41). The number of nitro benzene ring substituents is 1. The van der Waals surface area contributed by atoms with Gasteiger partial charge in [0.15, 0.2) is 5.11 Å². The van der Waals surface area contributed by atoms with Crippen LogP contribution in [0.2, 0.25) is 0 Å². The van der Waals surface area contributed by atoms with Crippen molar-refractivity contribution >= 4 is 45.4 Å². The van der Waals surface area contributed by atoms with E-state index in [1.54, 1.807) is 18.3 Å². The van der Waals surface area contributed by atoms with E-state index in [1.165, 1.54) is 12.1 Å². The molecule has 6 rings (SSSR count). The summed E-state index contributed by atoms with van der Waals surface area (Å²) in [6.45, 7) is 0.351. The maximum absolute atomic E-state index is 13.1. The molecule has 5 aromatic rings. The molecule has 2 N–H and O–H groups in total. The number of nitrogens with one attached hydrogen (secondary N) is 2. The number of fused-ring (bicyclic) bond motifs is 1. The molecule has 0 aliphatic carbocycles. The second kappa shape index (κ2) is 11.2. The van der Waals surface area contributed by atoms with Gasteiger partial charge in [0, 0.05) is 47.9 Å². The number of anilines is 1. The number of benzene rings is 3. The molecule has 1 aliphatic rings. The van der Waals surface area contributed by atoms with Crippen LogP contribution in [0.4, 0.5) is 11.4 Å². The molecule has 0 spiro atoms. The number of carbonyl (C=O) groups excluding carboxylic acids is 1. The van der Waals surface area contributed by atoms with Crippen LogP contribution in [0.5, 0.6) is 0 Å². The van der Waals surface area contributed by atoms with Crippen molar-refractivity contribution in [2.75, 3.05) is 11.9 Å². The number of pyridine rings is 1. The molecule has 2 atom stereocenters. The highest BCUT2D eigenvalue weighted by Gasteiger charge is 2.41. The van der Waals surface area contributed by atoms with E-state index in [2.05, 4.69) is 15.6 Å². The van der Waals surface area contributed by atoms with Crippen molar-refractivity contribution < 1.29 is 14.1 Å². The van der Waals surface area contributed by atoms with Gasteiger partial charge in [0.25, 0.3) is 5.69 Å². The van der Waals surface area contributed by atoms with E-state index >= 15 is 0 Å². The third-order valence-corrected chi connectivity index (χ3v) is 7.47. The second-order valence-electron chi connectivity index (χ2n) is 9.65. The highest BCUT2D eigenvalue weighted by atomic mass is 32.1. The molecular formula is C31H25N5O4S. The van der Waals surface area contributed by atoms with Crippen molar-refractivity contribution in [1.82, 2.24) is 15.2 Å². The van der Waals surface area contributed by atoms with Gasteiger partial charge < -0.3 is 20.0 Å². The Hall–Kier alpha value is -5.09. The number of amides is 1. The number of rotatable bonds is 8. The number of non-ortho nitro benzene ring substituents is 1. The van der Waals surface area contributed by atoms with E-state index in [-0.39, 0.29) is 30.1 Å². The average Bonchev–Trinajstić information content (AvgIpc) is 3.61. The summed E-state index contributed by atoms with van der Waals surface area (Å²) in [4.78, 5) is 30.2. The maximum Gasteiger partial charge on any atom is 0.269 e. The Balaban J connectivity index is 1.25. The number of carbonyl (C=O) groups is 1. The minimum absolute atomic E-state index is 0.00837. The fraction of sp³-hybridized carbons (Fsp3) is 0.129. The molecule has 3 heterocycles. The van der Waals surface area contributed by atoms with Crippen LogP contribution in [0.3, 0.4) is 0 Å². The van der Waals surface area contributed by atoms with Crippen molar-refractivity contribution in [1.29, 1.82) is 0 Å². The first kappa shape index (κ1) is 26.1. The predicted octanol–water partition coefficient (Wildman–Crippen LogP) is 6.40. The summed E-state index contributed by atoms with van der Waals surface area (Å²) in [7, 11) is 0. The first-order chi connectivity index (χ1) is 20.0. The number of thiocarbonyl (C=S) groups is 1. The van der Waals surface area contributed by atoms with E-state index in [1.807, 2.05) is 77.7 Å². The summed E-state index contributed by atoms with van der Waals surface area (Å²) in [6, 6.07) is 28.7. The molecule has 0 radical (unpaired) electrons. The third-order valence-electron chi connectivity index (χ3n) is 7.12. The van der Waals surface area contributed by atoms with E-state index in [9.17, 15) is 14.9 Å². The van der Waals surface area contributed by atoms with Crippen LogP contribution < -0.4 is 10.6 Å². The van der Waals surface area contributed by atoms with Gasteiger partial charge in [0.05, 0.1) is 16.7 Å². The molecule has 41 heavy (non-hydrogen) atoms. The van der Waals surface area contributed by atoms with Gasteiger partial charge >= 0.3 is 0 Å². The van der Waals surface area contributed by atoms with Crippen LogP contribution >= 0.6 is 12.2 Å². The molecule has 0 saturated carbocycles. The third kappa shape index (κ3) is 5.37. The molecule has 0 bridgehead atoms. The second-order valence-corrected chi connectivity index (χ2v) is 10.0. The number of hydrogen-bond donors (Lipinski definition) is 2. The highest BCUT2D eigenvalue weighted by Crippen LogP contribution is 2.40. The van der Waals surface area contributed by atoms with E-state index < -0.39 is 4.92 Å². The van der Waals surface area contributed by atoms with Crippen LogP contribution in [0, 0.1) is 10.1 Å². The molecule has 1 amide bonds. The topological polar surface area (TPSA) is 114 Å². The Morgan fingerprint density at radius 2 is 1.78 bits per heavy atom. The number of nitro groups is 1. The van der Waals surface area contributed by atoms with Gasteiger partial charge in [-0.3, -0.25) is 19.9 Å². The van der Waals surface area contributed by atoms with E-state index in [4.69, 9.17) is 16.6 Å². The highest BCUT2D eigenvalue weighted by molar-refractivity contribution is 7.80. The molecule has 1 fully saturated rings. The quantitative estimate of drug-likeness (QED) is 0.127. The number of hydrogen-bond acceptors (Lipinski definition) is 6. The summed E-state index contributed by atoms with van der Waals surface area (Å²) in [5.41, 5.74) is 2.27. The van der Waals surface area contributed by atoms with Gasteiger partial charge in [-0.2, -0.15) is 0 Å². The average molecular weight is 564 g/mol. The smallest absolute Gasteiger partial charge is 0.269 e. The molecule has 9 nitrogen and oxygen atoms in total. The SMILES string of the molecule is O=C(CCN1C(=S)NC(c2ccccn2)C1c1ccc(-c2ccc([N+](=O)[O-])cc2)o1)Nc1cccc2ccccc12. The van der Waals surface area contributed by atoms with Gasteiger partial charge in [0.1, 0.15) is 17.6 Å². The van der Waals surface area contributed by atoms with Crippen LogP contribution in [0.1, 0.15) is 30.0 Å². The first-order valence-electron chi connectivity index (χ1n) is 13.1. The van der Waals surface area contributed by atoms with Gasteiger partial charge in [-0.25, -0.2) is 0 Å². The number of nitrogens with zero attached hydrogens (tertiary/aromatic N) is 3. The maximum atomic E-state index is 13.1. The largest absolute Gasteiger partial charge is 0.459 e. The van der Waals surface area contributed by atoms with Crippen LogP contribution in [0.25, 0.3) is 22.1 Å². The van der Waals surface area contributed by atoms with Gasteiger partial charge in [-0.05, 0) is 60.1 Å². The lowest BCUT2D eigenvalue weighted by Gasteiger charge is -2.26. The Bertz CT molecular complexity index is 1730. The minimum Gasteiger partial charge on any atom is -0.459 e. The van der Waals surface area contributed by atoms with Crippen molar-refractivity contribution in [3.8, 4) is 11.3 Å². The lowest BCUT2D eigenvalue weighted by molar-refractivity contribution is -0.384. The zero-order valence-corrected chi connectivity index (χ0v) is 22.6. The Morgan fingerprint density at radius 1 is 1.00 bits per heavy atom. The lowest BCUT2D eigenvalue weighted by Crippen LogP contribution is -2.32. The monoisotopic (exact) mass is 563 g/mol. The molecule has 2 unspecified atom stereocenters. The number of furan rings is 1. The number of aromatic nitrogens is 1. The van der Waals surface area contributed by atoms with Crippen molar-refractivity contribution in [3.63, 3.8) is 0 Å². The summed E-state index contributed by atoms with van der Waals surface area (Å²) >= 11 is 5.73. The zero-order chi connectivity index (χ0) is 28.3. The molecule has 204 valence electrons. The first-order valence-corrected chi connectivity index (χ1v) is 13.5. The summed E-state index contributed by atoms with van der Waals surface area (Å²) in [6.07, 6.45) is 1.92. The molecular weight excluding hydrogens is 538 g/mol. The van der Waals surface area contributed by atoms with Crippen LogP contribution in [0.15, 0.2) is 108 Å². The molecule has 2 aromatic heterocycles. The summed E-state index contributed by atoms with van der Waals surface area (Å²) in [5, 5.41) is 20.0. The molecule has 3 aromatic carbocycles. The fourth-order valence-electron chi connectivity index (χ4n) is 5.14. The van der Waals surface area contributed by atoms with Crippen molar-refractivity contribution in [2.24, 2.45) is 0 Å². The Morgan fingerprint density at radius 3 is 2.56 bits per heavy atom. The van der Waals surface area contributed by atoms with E-state index in [0.717, 1.165) is 22.2 Å². The van der Waals surface area contributed by atoms with Gasteiger partial charge in [-0.15, -0.1) is 0 Å². The zero-order valence-electron chi connectivity index (χ0n) is 21.8. The van der Waals surface area contributed by atoms with Crippen LogP contribution in [-0.4, -0.2) is 32.4 Å². The molecule has 1 aliphatic heterocycles. The Kier molecular flexibility index (Phi) is 7.13.